The molecule has 100 valence electrons. The Balaban J connectivity index is 1.71. The first kappa shape index (κ1) is 14.0. The van der Waals surface area contributed by atoms with Gasteiger partial charge < -0.3 is 15.2 Å². The van der Waals surface area contributed by atoms with Crippen molar-refractivity contribution in [1.29, 1.82) is 0 Å². The molecule has 1 atom stereocenters. The Morgan fingerprint density at radius 2 is 2.28 bits per heavy atom. The molecule has 0 radical (unpaired) electrons. The molecule has 0 spiro atoms. The molecule has 2 N–H and O–H groups in total. The second kappa shape index (κ2) is 6.66. The molecule has 3 nitrogen and oxygen atoms in total. The molecule has 1 saturated carbocycles. The second-order valence-corrected chi connectivity index (χ2v) is 5.85. The average Bonchev–Trinajstić information content (AvgIpc) is 2.27. The van der Waals surface area contributed by atoms with Crippen LogP contribution < -0.4 is 5.32 Å². The van der Waals surface area contributed by atoms with E-state index in [1.165, 1.54) is 5.56 Å². The van der Waals surface area contributed by atoms with Crippen molar-refractivity contribution in [2.24, 2.45) is 0 Å². The van der Waals surface area contributed by atoms with Crippen molar-refractivity contribution in [2.45, 2.75) is 30.9 Å². The molecule has 0 aliphatic heterocycles. The number of hydrogen-bond donors (Lipinski definition) is 2. The van der Waals surface area contributed by atoms with E-state index in [0.717, 1.165) is 17.3 Å². The van der Waals surface area contributed by atoms with E-state index in [1.54, 1.807) is 7.11 Å². The Labute approximate surface area is 117 Å². The van der Waals surface area contributed by atoms with Crippen LogP contribution in [-0.2, 0) is 4.74 Å². The van der Waals surface area contributed by atoms with Gasteiger partial charge in [0.25, 0.3) is 0 Å². The number of methoxy groups -OCH3 is 1. The zero-order chi connectivity index (χ0) is 13.0. The Bertz CT molecular complexity index is 380. The second-order valence-electron chi connectivity index (χ2n) is 4.94. The lowest BCUT2D eigenvalue weighted by Crippen LogP contribution is -2.44. The van der Waals surface area contributed by atoms with Gasteiger partial charge >= 0.3 is 0 Å². The first-order chi connectivity index (χ1) is 8.69. The third kappa shape index (κ3) is 3.79. The molecule has 2 rings (SSSR count). The van der Waals surface area contributed by atoms with Gasteiger partial charge in [-0.15, -0.1) is 0 Å². The van der Waals surface area contributed by atoms with Crippen LogP contribution >= 0.6 is 15.9 Å². The highest BCUT2D eigenvalue weighted by Crippen LogP contribution is 2.37. The molecule has 1 aromatic carbocycles. The van der Waals surface area contributed by atoms with Gasteiger partial charge in [-0.1, -0.05) is 28.1 Å². The van der Waals surface area contributed by atoms with Crippen LogP contribution in [0, 0.1) is 0 Å². The maximum absolute atomic E-state index is 9.54. The van der Waals surface area contributed by atoms with Crippen molar-refractivity contribution < 1.29 is 9.84 Å². The van der Waals surface area contributed by atoms with Crippen molar-refractivity contribution in [3.63, 3.8) is 0 Å². The maximum atomic E-state index is 9.54. The van der Waals surface area contributed by atoms with E-state index in [1.807, 2.05) is 0 Å². The van der Waals surface area contributed by atoms with Gasteiger partial charge in [-0.25, -0.2) is 0 Å². The number of benzene rings is 1. The van der Waals surface area contributed by atoms with Gasteiger partial charge in [-0.05, 0) is 36.5 Å². The predicted molar refractivity (Wildman–Crippen MR) is 75.8 cm³/mol. The smallest absolute Gasteiger partial charge is 0.0897 e. The highest BCUT2D eigenvalue weighted by Gasteiger charge is 2.30. The average molecular weight is 314 g/mol. The van der Waals surface area contributed by atoms with Crippen LogP contribution in [0.1, 0.15) is 24.3 Å². The molecule has 0 heterocycles. The number of ether oxygens (including phenoxy) is 1. The normalized spacial score (nSPS) is 24.6. The van der Waals surface area contributed by atoms with Gasteiger partial charge in [0.05, 0.1) is 12.7 Å². The van der Waals surface area contributed by atoms with E-state index in [9.17, 15) is 5.11 Å². The zero-order valence-electron chi connectivity index (χ0n) is 10.6. The summed E-state index contributed by atoms with van der Waals surface area (Å²) in [7, 11) is 1.61. The number of halogens is 1. The number of aliphatic hydroxyl groups is 1. The summed E-state index contributed by atoms with van der Waals surface area (Å²) in [6.07, 6.45) is 1.90. The van der Waals surface area contributed by atoms with Gasteiger partial charge in [0.15, 0.2) is 0 Å². The molecule has 1 aliphatic carbocycles. The lowest BCUT2D eigenvalue weighted by Gasteiger charge is -2.37. The summed E-state index contributed by atoms with van der Waals surface area (Å²) in [5.41, 5.74) is 1.40. The maximum Gasteiger partial charge on any atom is 0.0897 e. The highest BCUT2D eigenvalue weighted by atomic mass is 79.9. The molecule has 0 aromatic heterocycles. The Hall–Kier alpha value is -0.420. The topological polar surface area (TPSA) is 41.5 Å². The molecule has 1 aromatic rings. The van der Waals surface area contributed by atoms with Crippen LogP contribution in [0.4, 0.5) is 0 Å². The molecular formula is C14H20BrNO2. The van der Waals surface area contributed by atoms with Crippen molar-refractivity contribution in [3.05, 3.63) is 34.3 Å². The minimum Gasteiger partial charge on any atom is -0.389 e. The first-order valence-corrected chi connectivity index (χ1v) is 7.14. The summed E-state index contributed by atoms with van der Waals surface area (Å²) in [5.74, 6) is 0.652. The molecular weight excluding hydrogens is 294 g/mol. The van der Waals surface area contributed by atoms with Crippen LogP contribution in [0.15, 0.2) is 28.7 Å². The molecule has 0 saturated heterocycles. The van der Waals surface area contributed by atoms with Crippen LogP contribution in [-0.4, -0.2) is 37.5 Å². The molecule has 18 heavy (non-hydrogen) atoms. The van der Waals surface area contributed by atoms with E-state index in [2.05, 4.69) is 45.5 Å². The quantitative estimate of drug-likeness (QED) is 0.846. The number of aliphatic hydroxyl groups excluding tert-OH is 1. The van der Waals surface area contributed by atoms with Crippen molar-refractivity contribution >= 4 is 15.9 Å². The zero-order valence-corrected chi connectivity index (χ0v) is 12.2. The van der Waals surface area contributed by atoms with Crippen LogP contribution in [0.3, 0.4) is 0 Å². The minimum absolute atomic E-state index is 0.398. The lowest BCUT2D eigenvalue weighted by molar-refractivity contribution is 0.0597. The lowest BCUT2D eigenvalue weighted by atomic mass is 9.76. The van der Waals surface area contributed by atoms with Crippen LogP contribution in [0.5, 0.6) is 0 Å². The van der Waals surface area contributed by atoms with E-state index in [-0.39, 0.29) is 0 Å². The van der Waals surface area contributed by atoms with Crippen LogP contribution in [0.2, 0.25) is 0 Å². The van der Waals surface area contributed by atoms with E-state index >= 15 is 0 Å². The third-order valence-corrected chi connectivity index (χ3v) is 3.95. The predicted octanol–water partition coefficient (Wildman–Crippen LogP) is 2.29. The third-order valence-electron chi connectivity index (χ3n) is 3.46. The minimum atomic E-state index is -0.403. The summed E-state index contributed by atoms with van der Waals surface area (Å²) in [6.45, 7) is 1.01. The molecule has 4 heteroatoms. The van der Waals surface area contributed by atoms with E-state index < -0.39 is 6.10 Å². The van der Waals surface area contributed by atoms with Crippen LogP contribution in [0.25, 0.3) is 0 Å². The van der Waals surface area contributed by atoms with Gasteiger partial charge in [-0.2, -0.15) is 0 Å². The van der Waals surface area contributed by atoms with E-state index in [4.69, 9.17) is 4.74 Å². The fourth-order valence-corrected chi connectivity index (χ4v) is 2.79. The first-order valence-electron chi connectivity index (χ1n) is 6.35. The fraction of sp³-hybridized carbons (Fsp3) is 0.571. The Morgan fingerprint density at radius 3 is 2.94 bits per heavy atom. The Kier molecular flexibility index (Phi) is 5.18. The van der Waals surface area contributed by atoms with Crippen molar-refractivity contribution in [1.82, 2.24) is 5.32 Å². The summed E-state index contributed by atoms with van der Waals surface area (Å²) < 4.78 is 6.04. The van der Waals surface area contributed by atoms with Crippen molar-refractivity contribution in [3.8, 4) is 0 Å². The monoisotopic (exact) mass is 313 g/mol. The molecule has 1 aliphatic rings. The molecule has 0 amide bonds. The number of nitrogens with one attached hydrogen (secondary N) is 1. The molecule has 1 unspecified atom stereocenters. The Morgan fingerprint density at radius 1 is 1.50 bits per heavy atom. The fourth-order valence-electron chi connectivity index (χ4n) is 2.37. The number of rotatable bonds is 6. The van der Waals surface area contributed by atoms with Crippen molar-refractivity contribution in [2.75, 3.05) is 20.3 Å². The standard InChI is InChI=1S/C14H20BrNO2/c1-18-9-14(17)8-16-13-6-11(7-13)10-3-2-4-12(15)5-10/h2-5,11,13-14,16-17H,6-9H2,1H3. The van der Waals surface area contributed by atoms with Gasteiger partial charge in [0.1, 0.15) is 0 Å². The summed E-state index contributed by atoms with van der Waals surface area (Å²) >= 11 is 3.50. The molecule has 1 fully saturated rings. The highest BCUT2D eigenvalue weighted by molar-refractivity contribution is 9.10. The SMILES string of the molecule is COCC(O)CNC1CC(c2cccc(Br)c2)C1. The number of hydrogen-bond acceptors (Lipinski definition) is 3. The van der Waals surface area contributed by atoms with Gasteiger partial charge in [-0.3, -0.25) is 0 Å². The largest absolute Gasteiger partial charge is 0.389 e. The van der Waals surface area contributed by atoms with Gasteiger partial charge in [0.2, 0.25) is 0 Å². The van der Waals surface area contributed by atoms with E-state index in [0.29, 0.717) is 25.1 Å². The summed E-state index contributed by atoms with van der Waals surface area (Å²) in [5, 5.41) is 12.9. The summed E-state index contributed by atoms with van der Waals surface area (Å²) in [4.78, 5) is 0. The summed E-state index contributed by atoms with van der Waals surface area (Å²) in [6, 6.07) is 9.05. The molecule has 0 bridgehead atoms. The van der Waals surface area contributed by atoms with Gasteiger partial charge in [0, 0.05) is 24.2 Å².